The molecule has 0 aliphatic carbocycles. The van der Waals surface area contributed by atoms with Crippen molar-refractivity contribution in [1.82, 2.24) is 5.32 Å². The average molecular weight is 345 g/mol. The van der Waals surface area contributed by atoms with Crippen LogP contribution in [0.15, 0.2) is 70.5 Å². The summed E-state index contributed by atoms with van der Waals surface area (Å²) in [5, 5.41) is 2.98. The number of hydrogen-bond acceptors (Lipinski definition) is 4. The van der Waals surface area contributed by atoms with Gasteiger partial charge >= 0.3 is 0 Å². The maximum atomic E-state index is 12.8. The fourth-order valence-corrected chi connectivity index (χ4v) is 5.37. The minimum Gasteiger partial charge on any atom is -0.359 e. The minimum atomic E-state index is -0.609. The van der Waals surface area contributed by atoms with Crippen LogP contribution in [0.5, 0.6) is 0 Å². The standard InChI is InChI=1S/C18H19NO2S2/c1-2-21-16-13-18(17(20)19-16,22-14-9-5-3-6-10-14)23-15-11-7-4-8-12-15/h3-12,16H,2,13H2,1H3,(H,19,20). The van der Waals surface area contributed by atoms with Crippen LogP contribution < -0.4 is 5.32 Å². The highest BCUT2D eigenvalue weighted by atomic mass is 32.2. The molecule has 1 aliphatic heterocycles. The van der Waals surface area contributed by atoms with Crippen molar-refractivity contribution < 1.29 is 9.53 Å². The summed E-state index contributed by atoms with van der Waals surface area (Å²) in [4.78, 5) is 14.9. The van der Waals surface area contributed by atoms with E-state index in [1.54, 1.807) is 23.5 Å². The predicted molar refractivity (Wildman–Crippen MR) is 95.5 cm³/mol. The molecule has 1 amide bonds. The Labute approximate surface area is 145 Å². The van der Waals surface area contributed by atoms with Crippen molar-refractivity contribution in [3.8, 4) is 0 Å². The van der Waals surface area contributed by atoms with Crippen LogP contribution >= 0.6 is 23.5 Å². The summed E-state index contributed by atoms with van der Waals surface area (Å²) in [5.41, 5.74) is 0. The van der Waals surface area contributed by atoms with Crippen molar-refractivity contribution in [2.45, 2.75) is 33.4 Å². The minimum absolute atomic E-state index is 0.0265. The smallest absolute Gasteiger partial charge is 0.249 e. The highest BCUT2D eigenvalue weighted by molar-refractivity contribution is 8.19. The zero-order valence-corrected chi connectivity index (χ0v) is 14.5. The second-order valence-corrected chi connectivity index (χ2v) is 8.21. The molecule has 5 heteroatoms. The summed E-state index contributed by atoms with van der Waals surface area (Å²) in [7, 11) is 0. The molecule has 1 saturated heterocycles. The molecule has 3 nitrogen and oxygen atoms in total. The van der Waals surface area contributed by atoms with Crippen LogP contribution in [0.25, 0.3) is 0 Å². The fraction of sp³-hybridized carbons (Fsp3) is 0.278. The lowest BCUT2D eigenvalue weighted by molar-refractivity contribution is -0.120. The van der Waals surface area contributed by atoms with Crippen LogP contribution in [-0.4, -0.2) is 22.8 Å². The Morgan fingerprint density at radius 2 is 1.57 bits per heavy atom. The van der Waals surface area contributed by atoms with Crippen LogP contribution in [0.3, 0.4) is 0 Å². The third-order valence-electron chi connectivity index (χ3n) is 3.51. The third-order valence-corrected chi connectivity index (χ3v) is 6.39. The van der Waals surface area contributed by atoms with Crippen LogP contribution in [0, 0.1) is 0 Å². The second kappa shape index (κ2) is 7.43. The Kier molecular flexibility index (Phi) is 5.30. The van der Waals surface area contributed by atoms with Gasteiger partial charge in [0.25, 0.3) is 0 Å². The molecule has 1 unspecified atom stereocenters. The Hall–Kier alpha value is -1.43. The molecule has 0 radical (unpaired) electrons. The molecule has 0 saturated carbocycles. The van der Waals surface area contributed by atoms with E-state index in [0.717, 1.165) is 9.79 Å². The number of carbonyl (C=O) groups excluding carboxylic acids is 1. The molecule has 0 aromatic heterocycles. The highest BCUT2D eigenvalue weighted by Crippen LogP contribution is 2.51. The molecule has 1 fully saturated rings. The number of carbonyl (C=O) groups is 1. The summed E-state index contributed by atoms with van der Waals surface area (Å²) in [5.74, 6) is 0.0265. The van der Waals surface area contributed by atoms with Gasteiger partial charge in [0, 0.05) is 22.8 Å². The third kappa shape index (κ3) is 3.91. The Balaban J connectivity index is 1.88. The van der Waals surface area contributed by atoms with E-state index in [0.29, 0.717) is 13.0 Å². The number of benzene rings is 2. The lowest BCUT2D eigenvalue weighted by atomic mass is 10.3. The van der Waals surface area contributed by atoms with Crippen LogP contribution in [0.1, 0.15) is 13.3 Å². The van der Waals surface area contributed by atoms with Gasteiger partial charge in [-0.2, -0.15) is 0 Å². The van der Waals surface area contributed by atoms with Crippen LogP contribution in [-0.2, 0) is 9.53 Å². The van der Waals surface area contributed by atoms with Gasteiger partial charge in [-0.1, -0.05) is 59.9 Å². The van der Waals surface area contributed by atoms with E-state index in [1.807, 2.05) is 67.6 Å². The van der Waals surface area contributed by atoms with Crippen molar-refractivity contribution >= 4 is 29.4 Å². The quantitative estimate of drug-likeness (QED) is 0.798. The molecule has 1 heterocycles. The zero-order chi connectivity index (χ0) is 16.1. The van der Waals surface area contributed by atoms with Crippen molar-refractivity contribution in [3.63, 3.8) is 0 Å². The van der Waals surface area contributed by atoms with Gasteiger partial charge in [-0.05, 0) is 31.2 Å². The first-order chi connectivity index (χ1) is 11.2. The molecule has 0 spiro atoms. The molecular weight excluding hydrogens is 326 g/mol. The van der Waals surface area contributed by atoms with Gasteiger partial charge in [0.15, 0.2) is 4.08 Å². The van der Waals surface area contributed by atoms with Crippen molar-refractivity contribution in [1.29, 1.82) is 0 Å². The number of hydrogen-bond donors (Lipinski definition) is 1. The molecule has 1 atom stereocenters. The SMILES string of the molecule is CCOC1CC(Sc2ccccc2)(Sc2ccccc2)C(=O)N1. The van der Waals surface area contributed by atoms with Gasteiger partial charge in [-0.15, -0.1) is 0 Å². The molecule has 3 rings (SSSR count). The Bertz CT molecular complexity index is 607. The number of thioether (sulfide) groups is 2. The first-order valence-corrected chi connectivity index (χ1v) is 9.26. The predicted octanol–water partition coefficient (Wildman–Crippen LogP) is 4.15. The van der Waals surface area contributed by atoms with E-state index >= 15 is 0 Å². The van der Waals surface area contributed by atoms with E-state index in [1.165, 1.54) is 0 Å². The van der Waals surface area contributed by atoms with E-state index in [-0.39, 0.29) is 12.1 Å². The zero-order valence-electron chi connectivity index (χ0n) is 12.9. The number of amides is 1. The topological polar surface area (TPSA) is 38.3 Å². The lowest BCUT2D eigenvalue weighted by Gasteiger charge is -2.25. The lowest BCUT2D eigenvalue weighted by Crippen LogP contribution is -2.33. The van der Waals surface area contributed by atoms with E-state index in [4.69, 9.17) is 4.74 Å². The fourth-order valence-electron chi connectivity index (χ4n) is 2.50. The molecule has 0 bridgehead atoms. The van der Waals surface area contributed by atoms with Crippen molar-refractivity contribution in [2.24, 2.45) is 0 Å². The summed E-state index contributed by atoms with van der Waals surface area (Å²) >= 11 is 3.20. The monoisotopic (exact) mass is 345 g/mol. The Morgan fingerprint density at radius 3 is 2.04 bits per heavy atom. The summed E-state index contributed by atoms with van der Waals surface area (Å²) in [6, 6.07) is 20.1. The van der Waals surface area contributed by atoms with Crippen molar-refractivity contribution in [3.05, 3.63) is 60.7 Å². The van der Waals surface area contributed by atoms with Gasteiger partial charge in [0.05, 0.1) is 0 Å². The second-order valence-electron chi connectivity index (χ2n) is 5.20. The highest BCUT2D eigenvalue weighted by Gasteiger charge is 2.49. The van der Waals surface area contributed by atoms with Gasteiger partial charge in [0.2, 0.25) is 5.91 Å². The Morgan fingerprint density at radius 1 is 1.04 bits per heavy atom. The van der Waals surface area contributed by atoms with Gasteiger partial charge in [0.1, 0.15) is 6.23 Å². The molecule has 23 heavy (non-hydrogen) atoms. The summed E-state index contributed by atoms with van der Waals surface area (Å²) < 4.78 is 5.04. The molecular formula is C18H19NO2S2. The first-order valence-electron chi connectivity index (χ1n) is 7.62. The maximum absolute atomic E-state index is 12.8. The first kappa shape index (κ1) is 16.4. The molecule has 120 valence electrons. The molecule has 1 N–H and O–H groups in total. The van der Waals surface area contributed by atoms with Gasteiger partial charge in [-0.3, -0.25) is 4.79 Å². The van der Waals surface area contributed by atoms with E-state index in [2.05, 4.69) is 5.32 Å². The van der Waals surface area contributed by atoms with E-state index in [9.17, 15) is 4.79 Å². The largest absolute Gasteiger partial charge is 0.359 e. The average Bonchev–Trinajstić information content (AvgIpc) is 2.85. The number of nitrogens with one attached hydrogen (secondary N) is 1. The number of ether oxygens (including phenoxy) is 1. The maximum Gasteiger partial charge on any atom is 0.249 e. The van der Waals surface area contributed by atoms with Gasteiger partial charge in [-0.25, -0.2) is 0 Å². The van der Waals surface area contributed by atoms with Gasteiger partial charge < -0.3 is 10.1 Å². The summed E-state index contributed by atoms with van der Waals surface area (Å²) in [6.07, 6.45) is 0.415. The van der Waals surface area contributed by atoms with Crippen LogP contribution in [0.4, 0.5) is 0 Å². The van der Waals surface area contributed by atoms with E-state index < -0.39 is 4.08 Å². The molecule has 2 aromatic carbocycles. The molecule has 1 aliphatic rings. The summed E-state index contributed by atoms with van der Waals surface area (Å²) in [6.45, 7) is 2.54. The molecule has 2 aromatic rings. The normalized spacial score (nSPS) is 19.5. The number of rotatable bonds is 6. The van der Waals surface area contributed by atoms with Crippen molar-refractivity contribution in [2.75, 3.05) is 6.61 Å². The van der Waals surface area contributed by atoms with Crippen LogP contribution in [0.2, 0.25) is 0 Å².